The first-order chi connectivity index (χ1) is 7.63. The molecule has 16 heavy (non-hydrogen) atoms. The van der Waals surface area contributed by atoms with E-state index in [0.717, 1.165) is 0 Å². The summed E-state index contributed by atoms with van der Waals surface area (Å²) in [6.07, 6.45) is 0. The van der Waals surface area contributed by atoms with Crippen molar-refractivity contribution in [2.75, 3.05) is 26.0 Å². The lowest BCUT2D eigenvalue weighted by molar-refractivity contribution is -0.120. The highest BCUT2D eigenvalue weighted by molar-refractivity contribution is 5.92. The molecule has 5 heteroatoms. The molecular formula is C11H15N3O2. The van der Waals surface area contributed by atoms with Crippen LogP contribution in [0.2, 0.25) is 0 Å². The van der Waals surface area contributed by atoms with Gasteiger partial charge in [-0.25, -0.2) is 4.79 Å². The summed E-state index contributed by atoms with van der Waals surface area (Å²) in [5.74, 6) is -0.203. The summed E-state index contributed by atoms with van der Waals surface area (Å²) >= 11 is 0. The Hall–Kier alpha value is -2.04. The molecule has 0 unspecified atom stereocenters. The van der Waals surface area contributed by atoms with Crippen molar-refractivity contribution in [1.82, 2.24) is 10.2 Å². The molecule has 0 heterocycles. The van der Waals surface area contributed by atoms with Crippen molar-refractivity contribution >= 4 is 17.6 Å². The number of nitrogens with zero attached hydrogens (tertiary/aromatic N) is 1. The predicted molar refractivity (Wildman–Crippen MR) is 62.2 cm³/mol. The Morgan fingerprint density at radius 2 is 1.88 bits per heavy atom. The first-order valence-corrected chi connectivity index (χ1v) is 4.91. The minimum Gasteiger partial charge on any atom is -0.358 e. The van der Waals surface area contributed by atoms with Crippen LogP contribution in [0.25, 0.3) is 0 Å². The van der Waals surface area contributed by atoms with Crippen molar-refractivity contribution in [1.29, 1.82) is 0 Å². The number of nitrogens with one attached hydrogen (secondary N) is 2. The molecule has 0 radical (unpaired) electrons. The molecule has 86 valence electrons. The largest absolute Gasteiger partial charge is 0.358 e. The molecule has 1 aromatic rings. The molecule has 1 rings (SSSR count). The van der Waals surface area contributed by atoms with Gasteiger partial charge in [0.25, 0.3) is 0 Å². The Bertz CT molecular complexity index is 365. The van der Waals surface area contributed by atoms with Crippen LogP contribution in [-0.4, -0.2) is 37.5 Å². The molecule has 3 amide bonds. The van der Waals surface area contributed by atoms with E-state index in [1.54, 1.807) is 19.2 Å². The lowest BCUT2D eigenvalue weighted by atomic mass is 10.3. The Morgan fingerprint density at radius 3 is 2.44 bits per heavy atom. The Morgan fingerprint density at radius 1 is 1.25 bits per heavy atom. The number of likely N-dealkylation sites (N-methyl/N-ethyl adjacent to an activating group) is 2. The second kappa shape index (κ2) is 5.75. The van der Waals surface area contributed by atoms with Gasteiger partial charge < -0.3 is 15.5 Å². The normalized spacial score (nSPS) is 9.38. The summed E-state index contributed by atoms with van der Waals surface area (Å²) in [6.45, 7) is 0.0369. The van der Waals surface area contributed by atoms with Gasteiger partial charge in [0.05, 0.1) is 0 Å². The minimum absolute atomic E-state index is 0.0369. The molecule has 0 spiro atoms. The van der Waals surface area contributed by atoms with Crippen LogP contribution < -0.4 is 10.6 Å². The number of carbonyl (C=O) groups excluding carboxylic acids is 2. The second-order valence-corrected chi connectivity index (χ2v) is 3.33. The third kappa shape index (κ3) is 3.61. The van der Waals surface area contributed by atoms with Crippen molar-refractivity contribution in [3.8, 4) is 0 Å². The SMILES string of the molecule is CNC(=O)CN(C)C(=O)Nc1ccccc1. The zero-order valence-corrected chi connectivity index (χ0v) is 9.36. The summed E-state index contributed by atoms with van der Waals surface area (Å²) < 4.78 is 0. The average molecular weight is 221 g/mol. The number of hydrogen-bond acceptors (Lipinski definition) is 2. The van der Waals surface area contributed by atoms with Crippen LogP contribution in [-0.2, 0) is 4.79 Å². The standard InChI is InChI=1S/C11H15N3O2/c1-12-10(15)8-14(2)11(16)13-9-6-4-3-5-7-9/h3-7H,8H2,1-2H3,(H,12,15)(H,13,16). The number of urea groups is 1. The van der Waals surface area contributed by atoms with Gasteiger partial charge in [0.2, 0.25) is 5.91 Å². The summed E-state index contributed by atoms with van der Waals surface area (Å²) in [5.41, 5.74) is 0.705. The maximum Gasteiger partial charge on any atom is 0.322 e. The fraction of sp³-hybridized carbons (Fsp3) is 0.273. The Kier molecular flexibility index (Phi) is 4.32. The van der Waals surface area contributed by atoms with Gasteiger partial charge in [0.15, 0.2) is 0 Å². The topological polar surface area (TPSA) is 61.4 Å². The van der Waals surface area contributed by atoms with Crippen LogP contribution in [0.1, 0.15) is 0 Å². The van der Waals surface area contributed by atoms with Crippen LogP contribution in [0, 0.1) is 0 Å². The molecular weight excluding hydrogens is 206 g/mol. The maximum atomic E-state index is 11.6. The number of carbonyl (C=O) groups is 2. The van der Waals surface area contributed by atoms with E-state index in [0.29, 0.717) is 5.69 Å². The second-order valence-electron chi connectivity index (χ2n) is 3.33. The van der Waals surface area contributed by atoms with Crippen molar-refractivity contribution < 1.29 is 9.59 Å². The third-order valence-electron chi connectivity index (χ3n) is 2.03. The predicted octanol–water partition coefficient (Wildman–Crippen LogP) is 0.896. The van der Waals surface area contributed by atoms with Crippen molar-refractivity contribution in [3.63, 3.8) is 0 Å². The quantitative estimate of drug-likeness (QED) is 0.796. The smallest absolute Gasteiger partial charge is 0.322 e. The monoisotopic (exact) mass is 221 g/mol. The lowest BCUT2D eigenvalue weighted by Crippen LogP contribution is -2.39. The van der Waals surface area contributed by atoms with Crippen LogP contribution in [0.3, 0.4) is 0 Å². The van der Waals surface area contributed by atoms with E-state index in [4.69, 9.17) is 0 Å². The fourth-order valence-electron chi connectivity index (χ4n) is 1.11. The molecule has 0 saturated carbocycles. The minimum atomic E-state index is -0.310. The summed E-state index contributed by atoms with van der Waals surface area (Å²) in [7, 11) is 3.10. The van der Waals surface area contributed by atoms with Gasteiger partial charge in [0.1, 0.15) is 6.54 Å². The molecule has 0 aliphatic rings. The maximum absolute atomic E-state index is 11.6. The van der Waals surface area contributed by atoms with Gasteiger partial charge in [-0.1, -0.05) is 18.2 Å². The highest BCUT2D eigenvalue weighted by atomic mass is 16.2. The van der Waals surface area contributed by atoms with Gasteiger partial charge in [-0.15, -0.1) is 0 Å². The van der Waals surface area contributed by atoms with E-state index < -0.39 is 0 Å². The summed E-state index contributed by atoms with van der Waals surface area (Å²) in [5, 5.41) is 5.13. The van der Waals surface area contributed by atoms with Crippen LogP contribution in [0.5, 0.6) is 0 Å². The number of anilines is 1. The summed E-state index contributed by atoms with van der Waals surface area (Å²) in [6, 6.07) is 8.78. The van der Waals surface area contributed by atoms with E-state index in [2.05, 4.69) is 10.6 Å². The van der Waals surface area contributed by atoms with Crippen LogP contribution in [0.4, 0.5) is 10.5 Å². The van der Waals surface area contributed by atoms with Gasteiger partial charge in [0, 0.05) is 19.8 Å². The molecule has 1 aromatic carbocycles. The van der Waals surface area contributed by atoms with E-state index in [-0.39, 0.29) is 18.5 Å². The number of hydrogen-bond donors (Lipinski definition) is 2. The zero-order chi connectivity index (χ0) is 12.0. The van der Waals surface area contributed by atoms with Crippen molar-refractivity contribution in [2.45, 2.75) is 0 Å². The molecule has 0 aliphatic carbocycles. The number of para-hydroxylation sites is 1. The molecule has 5 nitrogen and oxygen atoms in total. The van der Waals surface area contributed by atoms with Crippen molar-refractivity contribution in [2.24, 2.45) is 0 Å². The number of amides is 3. The van der Waals surface area contributed by atoms with Gasteiger partial charge >= 0.3 is 6.03 Å². The lowest BCUT2D eigenvalue weighted by Gasteiger charge is -2.16. The molecule has 0 bridgehead atoms. The van der Waals surface area contributed by atoms with Crippen LogP contribution in [0.15, 0.2) is 30.3 Å². The fourth-order valence-corrected chi connectivity index (χ4v) is 1.11. The molecule has 0 fully saturated rings. The first kappa shape index (κ1) is 12.0. The number of benzene rings is 1. The molecule has 0 atom stereocenters. The van der Waals surface area contributed by atoms with Gasteiger partial charge in [-0.05, 0) is 12.1 Å². The molecule has 0 aliphatic heterocycles. The van der Waals surface area contributed by atoms with E-state index in [1.165, 1.54) is 11.9 Å². The molecule has 2 N–H and O–H groups in total. The summed E-state index contributed by atoms with van der Waals surface area (Å²) in [4.78, 5) is 24.0. The van der Waals surface area contributed by atoms with E-state index in [9.17, 15) is 9.59 Å². The van der Waals surface area contributed by atoms with Crippen LogP contribution >= 0.6 is 0 Å². The first-order valence-electron chi connectivity index (χ1n) is 4.91. The van der Waals surface area contributed by atoms with E-state index >= 15 is 0 Å². The third-order valence-corrected chi connectivity index (χ3v) is 2.03. The molecule has 0 aromatic heterocycles. The van der Waals surface area contributed by atoms with E-state index in [1.807, 2.05) is 18.2 Å². The number of rotatable bonds is 3. The highest BCUT2D eigenvalue weighted by Gasteiger charge is 2.11. The van der Waals surface area contributed by atoms with Crippen molar-refractivity contribution in [3.05, 3.63) is 30.3 Å². The van der Waals surface area contributed by atoms with Gasteiger partial charge in [-0.2, -0.15) is 0 Å². The zero-order valence-electron chi connectivity index (χ0n) is 9.36. The highest BCUT2D eigenvalue weighted by Crippen LogP contribution is 2.05. The Labute approximate surface area is 94.4 Å². The van der Waals surface area contributed by atoms with Gasteiger partial charge in [-0.3, -0.25) is 4.79 Å². The Balaban J connectivity index is 2.49. The average Bonchev–Trinajstić information content (AvgIpc) is 2.30. The molecule has 0 saturated heterocycles.